The number of hydrogen-bond acceptors (Lipinski definition) is 5. The van der Waals surface area contributed by atoms with E-state index in [2.05, 4.69) is 53.6 Å². The first-order valence-electron chi connectivity index (χ1n) is 11.9. The number of ketones is 1. The highest BCUT2D eigenvalue weighted by molar-refractivity contribution is 6.06. The van der Waals surface area contributed by atoms with Crippen LogP contribution >= 0.6 is 0 Å². The van der Waals surface area contributed by atoms with Crippen LogP contribution < -0.4 is 10.6 Å². The smallest absolute Gasteiger partial charge is 0.255 e. The number of hydrogen-bond donors (Lipinski definition) is 2. The van der Waals surface area contributed by atoms with Gasteiger partial charge in [-0.2, -0.15) is 5.10 Å². The number of anilines is 1. The highest BCUT2D eigenvalue weighted by Crippen LogP contribution is 2.30. The summed E-state index contributed by atoms with van der Waals surface area (Å²) < 4.78 is 1.83. The van der Waals surface area contributed by atoms with Crippen molar-refractivity contribution in [1.82, 2.24) is 20.1 Å². The number of rotatable bonds is 7. The molecule has 0 radical (unpaired) electrons. The molecule has 1 aliphatic carbocycles. The third-order valence-electron chi connectivity index (χ3n) is 6.84. The zero-order chi connectivity index (χ0) is 23.5. The molecule has 3 aromatic rings. The zero-order valence-corrected chi connectivity index (χ0v) is 19.9. The molecular weight excluding hydrogens is 414 g/mol. The van der Waals surface area contributed by atoms with Crippen LogP contribution in [0.2, 0.25) is 0 Å². The lowest BCUT2D eigenvalue weighted by molar-refractivity contribution is -0.120. The Morgan fingerprint density at radius 1 is 1.18 bits per heavy atom. The monoisotopic (exact) mass is 447 g/mol. The van der Waals surface area contributed by atoms with Crippen LogP contribution in [0.5, 0.6) is 0 Å². The maximum Gasteiger partial charge on any atom is 0.255 e. The summed E-state index contributed by atoms with van der Waals surface area (Å²) in [6, 6.07) is 6.27. The second kappa shape index (κ2) is 9.73. The number of carbonyl (C=O) groups excluding carboxylic acids is 2. The molecule has 1 atom stereocenters. The van der Waals surface area contributed by atoms with Crippen molar-refractivity contribution < 1.29 is 9.59 Å². The fourth-order valence-electron chi connectivity index (χ4n) is 4.66. The molecule has 4 rings (SSSR count). The first-order valence-corrected chi connectivity index (χ1v) is 11.9. The number of benzene rings is 1. The first kappa shape index (κ1) is 23.0. The van der Waals surface area contributed by atoms with Gasteiger partial charge >= 0.3 is 0 Å². The van der Waals surface area contributed by atoms with E-state index in [0.717, 1.165) is 41.5 Å². The van der Waals surface area contributed by atoms with Crippen LogP contribution in [0.1, 0.15) is 79.0 Å². The van der Waals surface area contributed by atoms with E-state index in [-0.39, 0.29) is 18.0 Å². The molecule has 174 valence electrons. The van der Waals surface area contributed by atoms with Crippen molar-refractivity contribution in [1.29, 1.82) is 0 Å². The van der Waals surface area contributed by atoms with E-state index in [1.54, 1.807) is 12.4 Å². The van der Waals surface area contributed by atoms with Gasteiger partial charge in [-0.3, -0.25) is 9.59 Å². The highest BCUT2D eigenvalue weighted by Gasteiger charge is 2.25. The molecular formula is C26H33N5O2. The van der Waals surface area contributed by atoms with Gasteiger partial charge in [-0.1, -0.05) is 25.1 Å². The minimum atomic E-state index is -0.157. The maximum atomic E-state index is 13.5. The zero-order valence-electron chi connectivity index (χ0n) is 19.9. The Morgan fingerprint density at radius 2 is 1.94 bits per heavy atom. The molecule has 1 fully saturated rings. The Balaban J connectivity index is 1.68. The highest BCUT2D eigenvalue weighted by atomic mass is 16.1. The standard InChI is InChI=1S/C26H33N5O2/c1-5-23(20-9-7-8-16(3)17(20)4)30-26(33)22-14-27-25-21(15-28-31(25)6-2)24(22)29-18-10-12-19(32)13-11-18/h7-9,14-15,18,23H,5-6,10-13H2,1-4H3,(H,27,29)(H,30,33). The van der Waals surface area contributed by atoms with Gasteiger partial charge in [0.1, 0.15) is 5.78 Å². The van der Waals surface area contributed by atoms with Crippen LogP contribution in [0.25, 0.3) is 11.0 Å². The number of fused-ring (bicyclic) bond motifs is 1. The van der Waals surface area contributed by atoms with E-state index in [0.29, 0.717) is 30.7 Å². The third-order valence-corrected chi connectivity index (χ3v) is 6.84. The predicted molar refractivity (Wildman–Crippen MR) is 131 cm³/mol. The molecule has 1 aromatic carbocycles. The molecule has 2 aromatic heterocycles. The lowest BCUT2D eigenvalue weighted by Gasteiger charge is -2.26. The molecule has 2 heterocycles. The summed E-state index contributed by atoms with van der Waals surface area (Å²) in [5.74, 6) is 0.153. The van der Waals surface area contributed by atoms with Crippen LogP contribution in [-0.4, -0.2) is 32.5 Å². The van der Waals surface area contributed by atoms with Gasteiger partial charge in [-0.15, -0.1) is 0 Å². The van der Waals surface area contributed by atoms with Crippen LogP contribution in [0, 0.1) is 13.8 Å². The first-order chi connectivity index (χ1) is 15.9. The quantitative estimate of drug-likeness (QED) is 0.539. The summed E-state index contributed by atoms with van der Waals surface area (Å²) in [7, 11) is 0. The van der Waals surface area contributed by atoms with Gasteiger partial charge in [-0.05, 0) is 56.7 Å². The average molecular weight is 448 g/mol. The molecule has 0 aliphatic heterocycles. The fraction of sp³-hybridized carbons (Fsp3) is 0.462. The van der Waals surface area contributed by atoms with E-state index < -0.39 is 0 Å². The normalized spacial score (nSPS) is 15.6. The molecule has 0 bridgehead atoms. The van der Waals surface area contributed by atoms with Crippen molar-refractivity contribution >= 4 is 28.4 Å². The summed E-state index contributed by atoms with van der Waals surface area (Å²) in [5, 5.41) is 12.1. The van der Waals surface area contributed by atoms with Crippen molar-refractivity contribution in [2.24, 2.45) is 0 Å². The van der Waals surface area contributed by atoms with E-state index in [1.807, 2.05) is 17.7 Å². The van der Waals surface area contributed by atoms with Crippen LogP contribution in [-0.2, 0) is 11.3 Å². The van der Waals surface area contributed by atoms with Crippen molar-refractivity contribution in [2.45, 2.75) is 78.4 Å². The summed E-state index contributed by atoms with van der Waals surface area (Å²) in [4.78, 5) is 29.8. The number of nitrogens with one attached hydrogen (secondary N) is 2. The summed E-state index contributed by atoms with van der Waals surface area (Å²) in [6.45, 7) is 8.99. The van der Waals surface area contributed by atoms with Gasteiger partial charge in [0.2, 0.25) is 0 Å². The molecule has 33 heavy (non-hydrogen) atoms. The molecule has 7 heteroatoms. The Labute approximate surface area is 195 Å². The van der Waals surface area contributed by atoms with Gasteiger partial charge < -0.3 is 10.6 Å². The maximum absolute atomic E-state index is 13.5. The number of nitrogens with zero attached hydrogens (tertiary/aromatic N) is 3. The Hall–Kier alpha value is -3.22. The largest absolute Gasteiger partial charge is 0.381 e. The Kier molecular flexibility index (Phi) is 6.77. The number of carbonyl (C=O) groups is 2. The van der Waals surface area contributed by atoms with E-state index in [4.69, 9.17) is 0 Å². The van der Waals surface area contributed by atoms with Crippen LogP contribution in [0.3, 0.4) is 0 Å². The molecule has 1 saturated carbocycles. The van der Waals surface area contributed by atoms with Gasteiger partial charge in [-0.25, -0.2) is 9.67 Å². The second-order valence-electron chi connectivity index (χ2n) is 8.93. The number of pyridine rings is 1. The molecule has 0 saturated heterocycles. The minimum absolute atomic E-state index is 0.0911. The van der Waals surface area contributed by atoms with Crippen molar-refractivity contribution in [3.05, 3.63) is 52.8 Å². The van der Waals surface area contributed by atoms with E-state index >= 15 is 0 Å². The summed E-state index contributed by atoms with van der Waals surface area (Å²) in [6.07, 6.45) is 6.90. The fourth-order valence-corrected chi connectivity index (χ4v) is 4.66. The van der Waals surface area contributed by atoms with Gasteiger partial charge in [0.05, 0.1) is 28.9 Å². The predicted octanol–water partition coefficient (Wildman–Crippen LogP) is 4.87. The van der Waals surface area contributed by atoms with Gasteiger partial charge in [0.15, 0.2) is 5.65 Å². The van der Waals surface area contributed by atoms with Crippen LogP contribution in [0.4, 0.5) is 5.69 Å². The number of aryl methyl sites for hydroxylation is 2. The molecule has 1 amide bonds. The SMILES string of the molecule is CCC(NC(=O)c1cnc2c(cnn2CC)c1NC1CCC(=O)CC1)c1cccc(C)c1C. The van der Waals surface area contributed by atoms with Crippen molar-refractivity contribution in [3.63, 3.8) is 0 Å². The number of aromatic nitrogens is 3. The van der Waals surface area contributed by atoms with E-state index in [1.165, 1.54) is 11.1 Å². The Morgan fingerprint density at radius 3 is 2.64 bits per heavy atom. The molecule has 1 aliphatic rings. The third kappa shape index (κ3) is 4.63. The van der Waals surface area contributed by atoms with Gasteiger partial charge in [0, 0.05) is 31.6 Å². The summed E-state index contributed by atoms with van der Waals surface area (Å²) in [5.41, 5.74) is 5.58. The van der Waals surface area contributed by atoms with Crippen LogP contribution in [0.15, 0.2) is 30.6 Å². The topological polar surface area (TPSA) is 88.9 Å². The molecule has 0 spiro atoms. The lowest BCUT2D eigenvalue weighted by Crippen LogP contribution is -2.31. The van der Waals surface area contributed by atoms with Gasteiger partial charge in [0.25, 0.3) is 5.91 Å². The van der Waals surface area contributed by atoms with Crippen molar-refractivity contribution in [3.8, 4) is 0 Å². The van der Waals surface area contributed by atoms with E-state index in [9.17, 15) is 9.59 Å². The van der Waals surface area contributed by atoms with Crippen molar-refractivity contribution in [2.75, 3.05) is 5.32 Å². The minimum Gasteiger partial charge on any atom is -0.381 e. The molecule has 7 nitrogen and oxygen atoms in total. The summed E-state index contributed by atoms with van der Waals surface area (Å²) >= 11 is 0. The molecule has 2 N–H and O–H groups in total. The number of Topliss-reactive ketones (excluding diaryl/α,β-unsaturated/α-hetero) is 1. The second-order valence-corrected chi connectivity index (χ2v) is 8.93. The average Bonchev–Trinajstić information content (AvgIpc) is 3.24. The Bertz CT molecular complexity index is 1170. The number of amides is 1. The lowest BCUT2D eigenvalue weighted by atomic mass is 9.93. The molecule has 1 unspecified atom stereocenters.